The van der Waals surface area contributed by atoms with E-state index < -0.39 is 17.6 Å². The molecule has 4 atom stereocenters. The van der Waals surface area contributed by atoms with Crippen LogP contribution in [0.1, 0.15) is 43.8 Å². The molecule has 2 bridgehead atoms. The summed E-state index contributed by atoms with van der Waals surface area (Å²) >= 11 is 0. The van der Waals surface area contributed by atoms with Crippen molar-refractivity contribution in [3.05, 3.63) is 11.7 Å². The SMILES string of the molecule is CC(N)(c1nc(C2CC3CCC2O3)no1)C(F)(F)F. The van der Waals surface area contributed by atoms with E-state index in [1.54, 1.807) is 0 Å². The molecule has 0 radical (unpaired) electrons. The number of fused-ring (bicyclic) bond motifs is 2. The zero-order valence-electron chi connectivity index (χ0n) is 10.3. The maximum atomic E-state index is 12.8. The van der Waals surface area contributed by atoms with Gasteiger partial charge in [-0.05, 0) is 26.2 Å². The number of hydrogen-bond donors (Lipinski definition) is 1. The zero-order valence-corrected chi connectivity index (χ0v) is 10.3. The Labute approximate surface area is 107 Å². The lowest BCUT2D eigenvalue weighted by atomic mass is 9.89. The Morgan fingerprint density at radius 3 is 2.58 bits per heavy atom. The molecule has 3 heterocycles. The summed E-state index contributed by atoms with van der Waals surface area (Å²) in [5.41, 5.74) is 2.62. The lowest BCUT2D eigenvalue weighted by molar-refractivity contribution is -0.190. The van der Waals surface area contributed by atoms with Crippen molar-refractivity contribution in [2.45, 2.75) is 56.0 Å². The molecule has 1 aromatic heterocycles. The summed E-state index contributed by atoms with van der Waals surface area (Å²) in [5.74, 6) is -0.416. The van der Waals surface area contributed by atoms with Crippen LogP contribution in [-0.2, 0) is 10.3 Å². The van der Waals surface area contributed by atoms with Gasteiger partial charge in [-0.1, -0.05) is 5.16 Å². The fourth-order valence-electron chi connectivity index (χ4n) is 2.63. The van der Waals surface area contributed by atoms with Gasteiger partial charge in [0.25, 0.3) is 5.89 Å². The topological polar surface area (TPSA) is 74.2 Å². The van der Waals surface area contributed by atoms with Gasteiger partial charge in [-0.2, -0.15) is 18.2 Å². The molecule has 19 heavy (non-hydrogen) atoms. The molecular formula is C11H14F3N3O2. The van der Waals surface area contributed by atoms with Crippen molar-refractivity contribution >= 4 is 0 Å². The number of alkyl halides is 3. The normalized spacial score (nSPS) is 33.6. The van der Waals surface area contributed by atoms with Crippen molar-refractivity contribution in [2.24, 2.45) is 5.73 Å². The van der Waals surface area contributed by atoms with E-state index in [2.05, 4.69) is 10.1 Å². The monoisotopic (exact) mass is 277 g/mol. The molecule has 0 amide bonds. The number of halogens is 3. The molecule has 2 aliphatic heterocycles. The highest BCUT2D eigenvalue weighted by molar-refractivity contribution is 5.10. The van der Waals surface area contributed by atoms with Gasteiger partial charge in [0.2, 0.25) is 0 Å². The van der Waals surface area contributed by atoms with Crippen molar-refractivity contribution in [2.75, 3.05) is 0 Å². The summed E-state index contributed by atoms with van der Waals surface area (Å²) in [6.07, 6.45) is -1.87. The van der Waals surface area contributed by atoms with E-state index in [9.17, 15) is 13.2 Å². The number of ether oxygens (including phenoxy) is 1. The third-order valence-corrected chi connectivity index (χ3v) is 3.91. The summed E-state index contributed by atoms with van der Waals surface area (Å²) in [6, 6.07) is 0. The van der Waals surface area contributed by atoms with Gasteiger partial charge in [0.05, 0.1) is 18.1 Å². The van der Waals surface area contributed by atoms with Crippen molar-refractivity contribution < 1.29 is 22.4 Å². The Bertz CT molecular complexity index is 486. The molecule has 1 aromatic rings. The van der Waals surface area contributed by atoms with Gasteiger partial charge in [0, 0.05) is 0 Å². The first-order valence-electron chi connectivity index (χ1n) is 6.14. The van der Waals surface area contributed by atoms with E-state index in [1.165, 1.54) is 0 Å². The highest BCUT2D eigenvalue weighted by Gasteiger charge is 2.54. The molecule has 0 aromatic carbocycles. The minimum absolute atomic E-state index is 0.00892. The predicted molar refractivity (Wildman–Crippen MR) is 57.1 cm³/mol. The van der Waals surface area contributed by atoms with Crippen LogP contribution in [-0.4, -0.2) is 28.5 Å². The molecule has 0 saturated carbocycles. The highest BCUT2D eigenvalue weighted by Crippen LogP contribution is 2.44. The Balaban J connectivity index is 1.84. The van der Waals surface area contributed by atoms with Gasteiger partial charge < -0.3 is 15.0 Å². The van der Waals surface area contributed by atoms with Gasteiger partial charge in [-0.3, -0.25) is 0 Å². The van der Waals surface area contributed by atoms with Gasteiger partial charge in [0.1, 0.15) is 0 Å². The van der Waals surface area contributed by atoms with Gasteiger partial charge >= 0.3 is 6.18 Å². The molecule has 0 aliphatic carbocycles. The molecule has 106 valence electrons. The second-order valence-corrected chi connectivity index (χ2v) is 5.37. The second kappa shape index (κ2) is 3.92. The van der Waals surface area contributed by atoms with Crippen LogP contribution in [0.3, 0.4) is 0 Å². The van der Waals surface area contributed by atoms with Gasteiger partial charge in [0.15, 0.2) is 11.4 Å². The maximum Gasteiger partial charge on any atom is 0.415 e. The third kappa shape index (κ3) is 1.93. The molecule has 4 unspecified atom stereocenters. The maximum absolute atomic E-state index is 12.8. The molecule has 2 N–H and O–H groups in total. The Morgan fingerprint density at radius 1 is 1.32 bits per heavy atom. The standard InChI is InChI=1S/C11H14F3N3O2/c1-10(15,11(12,13)14)9-16-8(17-19-9)6-4-5-2-3-7(6)18-5/h5-7H,2-4,15H2,1H3. The molecule has 3 rings (SSSR count). The van der Waals surface area contributed by atoms with Crippen molar-refractivity contribution in [1.82, 2.24) is 10.1 Å². The largest absolute Gasteiger partial charge is 0.415 e. The van der Waals surface area contributed by atoms with Crippen LogP contribution < -0.4 is 5.73 Å². The first-order valence-corrected chi connectivity index (χ1v) is 6.14. The number of hydrogen-bond acceptors (Lipinski definition) is 5. The van der Waals surface area contributed by atoms with Crippen molar-refractivity contribution in [3.63, 3.8) is 0 Å². The van der Waals surface area contributed by atoms with E-state index in [0.717, 1.165) is 26.2 Å². The van der Waals surface area contributed by atoms with Crippen LogP contribution >= 0.6 is 0 Å². The Kier molecular flexibility index (Phi) is 2.66. The fourth-order valence-corrected chi connectivity index (χ4v) is 2.63. The van der Waals surface area contributed by atoms with E-state index >= 15 is 0 Å². The predicted octanol–water partition coefficient (Wildman–Crippen LogP) is 1.84. The molecule has 2 aliphatic rings. The first-order chi connectivity index (χ1) is 8.79. The van der Waals surface area contributed by atoms with Crippen molar-refractivity contribution in [1.29, 1.82) is 0 Å². The molecule has 5 nitrogen and oxygen atoms in total. The fraction of sp³-hybridized carbons (Fsp3) is 0.818. The molecular weight excluding hydrogens is 263 g/mol. The quantitative estimate of drug-likeness (QED) is 0.892. The van der Waals surface area contributed by atoms with Gasteiger partial charge in [-0.15, -0.1) is 0 Å². The number of rotatable bonds is 2. The van der Waals surface area contributed by atoms with Crippen LogP contribution in [0.15, 0.2) is 4.52 Å². The number of aromatic nitrogens is 2. The molecule has 2 fully saturated rings. The zero-order chi connectivity index (χ0) is 13.8. The van der Waals surface area contributed by atoms with E-state index in [-0.39, 0.29) is 24.0 Å². The van der Waals surface area contributed by atoms with E-state index in [1.807, 2.05) is 0 Å². The third-order valence-electron chi connectivity index (χ3n) is 3.91. The average molecular weight is 277 g/mol. The smallest absolute Gasteiger partial charge is 0.374 e. The lowest BCUT2D eigenvalue weighted by Gasteiger charge is -2.22. The van der Waals surface area contributed by atoms with Crippen molar-refractivity contribution in [3.8, 4) is 0 Å². The summed E-state index contributed by atoms with van der Waals surface area (Å²) in [7, 11) is 0. The number of nitrogens with two attached hydrogens (primary N) is 1. The minimum atomic E-state index is -4.64. The molecule has 2 saturated heterocycles. The second-order valence-electron chi connectivity index (χ2n) is 5.37. The minimum Gasteiger partial charge on any atom is -0.374 e. The summed E-state index contributed by atoms with van der Waals surface area (Å²) in [5, 5.41) is 3.65. The summed E-state index contributed by atoms with van der Waals surface area (Å²) in [4.78, 5) is 3.85. The molecule has 0 spiro atoms. The molecule has 8 heteroatoms. The van der Waals surface area contributed by atoms with E-state index in [4.69, 9.17) is 15.0 Å². The van der Waals surface area contributed by atoms with Crippen LogP contribution in [0.2, 0.25) is 0 Å². The van der Waals surface area contributed by atoms with Crippen LogP contribution in [0.25, 0.3) is 0 Å². The van der Waals surface area contributed by atoms with Gasteiger partial charge in [-0.25, -0.2) is 0 Å². The van der Waals surface area contributed by atoms with Crippen LogP contribution in [0.4, 0.5) is 13.2 Å². The first kappa shape index (κ1) is 12.9. The lowest BCUT2D eigenvalue weighted by Crippen LogP contribution is -2.48. The summed E-state index contributed by atoms with van der Waals surface area (Å²) in [6.45, 7) is 0.821. The average Bonchev–Trinajstić information content (AvgIpc) is 3.03. The number of nitrogens with zero attached hydrogens (tertiary/aromatic N) is 2. The Morgan fingerprint density at radius 2 is 2.05 bits per heavy atom. The van der Waals surface area contributed by atoms with Crippen LogP contribution in [0.5, 0.6) is 0 Å². The highest BCUT2D eigenvalue weighted by atomic mass is 19.4. The summed E-state index contributed by atoms with van der Waals surface area (Å²) < 4.78 is 48.7. The van der Waals surface area contributed by atoms with Crippen LogP contribution in [0, 0.1) is 0 Å². The Hall–Kier alpha value is -1.15. The van der Waals surface area contributed by atoms with E-state index in [0.29, 0.717) is 0 Å².